The third-order valence-electron chi connectivity index (χ3n) is 4.86. The van der Waals surface area contributed by atoms with E-state index in [0.717, 1.165) is 33.9 Å². The predicted molar refractivity (Wildman–Crippen MR) is 137 cm³/mol. The van der Waals surface area contributed by atoms with Crippen molar-refractivity contribution in [3.8, 4) is 16.9 Å². The first-order valence-corrected chi connectivity index (χ1v) is 12.8. The van der Waals surface area contributed by atoms with Crippen LogP contribution in [0.25, 0.3) is 27.2 Å². The van der Waals surface area contributed by atoms with E-state index in [2.05, 4.69) is 4.98 Å². The number of nitro groups is 1. The molecule has 0 aliphatic heterocycles. The summed E-state index contributed by atoms with van der Waals surface area (Å²) < 4.78 is 3.24. The first-order valence-electron chi connectivity index (χ1n) is 10.2. The van der Waals surface area contributed by atoms with Crippen LogP contribution in [-0.4, -0.2) is 30.3 Å². The topological polar surface area (TPSA) is 90.9 Å². The largest absolute Gasteiger partial charge is 0.294 e. The lowest BCUT2D eigenvalue weighted by molar-refractivity contribution is -0.384. The minimum atomic E-state index is -0.438. The van der Waals surface area contributed by atoms with Crippen molar-refractivity contribution in [3.63, 3.8) is 0 Å². The zero-order chi connectivity index (χ0) is 23.5. The Morgan fingerprint density at radius 2 is 1.74 bits per heavy atom. The fourth-order valence-electron chi connectivity index (χ4n) is 3.29. The molecule has 3 aromatic carbocycles. The summed E-state index contributed by atoms with van der Waals surface area (Å²) >= 11 is 3.69. The highest BCUT2D eigenvalue weighted by Crippen LogP contribution is 2.34. The van der Waals surface area contributed by atoms with Gasteiger partial charge in [-0.3, -0.25) is 19.5 Å². The first-order chi connectivity index (χ1) is 16.6. The van der Waals surface area contributed by atoms with Crippen molar-refractivity contribution in [1.29, 1.82) is 0 Å². The standard InChI is InChI=1S/C24H16N4O3S3/c29-22(34-24-26-19-12-11-18(28(30)31)13-21(19)33-24)15-32-23-25-20(16-7-3-1-4-8-16)14-27(23)17-9-5-2-6-10-17/h1-14H,15H2. The second-order valence-electron chi connectivity index (χ2n) is 7.13. The summed E-state index contributed by atoms with van der Waals surface area (Å²) in [5.74, 6) is 0.207. The number of hydrogen-bond donors (Lipinski definition) is 0. The number of aromatic nitrogens is 3. The average molecular weight is 505 g/mol. The molecule has 0 fully saturated rings. The number of thiazole rings is 1. The van der Waals surface area contributed by atoms with Crippen LogP contribution in [0, 0.1) is 10.1 Å². The molecule has 168 valence electrons. The normalized spacial score (nSPS) is 11.1. The summed E-state index contributed by atoms with van der Waals surface area (Å²) in [6.45, 7) is 0. The van der Waals surface area contributed by atoms with Gasteiger partial charge in [0.2, 0.25) is 5.12 Å². The Hall–Kier alpha value is -3.47. The molecule has 0 aliphatic carbocycles. The molecule has 5 aromatic rings. The molecular formula is C24H16N4O3S3. The van der Waals surface area contributed by atoms with Crippen LogP contribution in [0.5, 0.6) is 0 Å². The fourth-order valence-corrected chi connectivity index (χ4v) is 6.19. The Bertz CT molecular complexity index is 1480. The van der Waals surface area contributed by atoms with Crippen LogP contribution in [0.3, 0.4) is 0 Å². The summed E-state index contributed by atoms with van der Waals surface area (Å²) in [5.41, 5.74) is 3.46. The molecule has 0 amide bonds. The van der Waals surface area contributed by atoms with Crippen LogP contribution in [0.1, 0.15) is 0 Å². The molecule has 5 rings (SSSR count). The van der Waals surface area contributed by atoms with E-state index in [1.165, 1.54) is 35.2 Å². The van der Waals surface area contributed by atoms with E-state index < -0.39 is 4.92 Å². The quantitative estimate of drug-likeness (QED) is 0.143. The second kappa shape index (κ2) is 9.80. The molecule has 0 saturated carbocycles. The fraction of sp³-hybridized carbons (Fsp3) is 0.0417. The lowest BCUT2D eigenvalue weighted by Gasteiger charge is -2.06. The number of carbonyl (C=O) groups excluding carboxylic acids is 1. The number of rotatable bonds is 7. The van der Waals surface area contributed by atoms with E-state index in [9.17, 15) is 14.9 Å². The molecule has 2 aromatic heterocycles. The summed E-state index contributed by atoms with van der Waals surface area (Å²) in [7, 11) is 0. The highest BCUT2D eigenvalue weighted by Gasteiger charge is 2.16. The number of nitro benzene ring substituents is 1. The van der Waals surface area contributed by atoms with Gasteiger partial charge in [0, 0.05) is 29.6 Å². The van der Waals surface area contributed by atoms with E-state index in [-0.39, 0.29) is 16.6 Å². The highest BCUT2D eigenvalue weighted by atomic mass is 32.2. The van der Waals surface area contributed by atoms with Gasteiger partial charge in [-0.25, -0.2) is 9.97 Å². The van der Waals surface area contributed by atoms with Gasteiger partial charge in [-0.2, -0.15) is 0 Å². The minimum absolute atomic E-state index is 0.0107. The molecule has 10 heteroatoms. The molecule has 7 nitrogen and oxygen atoms in total. The number of hydrogen-bond acceptors (Lipinski definition) is 8. The van der Waals surface area contributed by atoms with Crippen molar-refractivity contribution in [2.45, 2.75) is 9.50 Å². The number of para-hydroxylation sites is 1. The van der Waals surface area contributed by atoms with E-state index in [1.807, 2.05) is 71.4 Å². The number of fused-ring (bicyclic) bond motifs is 1. The van der Waals surface area contributed by atoms with E-state index in [4.69, 9.17) is 4.98 Å². The van der Waals surface area contributed by atoms with Crippen LogP contribution in [0.15, 0.2) is 94.6 Å². The molecule has 0 atom stereocenters. The minimum Gasteiger partial charge on any atom is -0.294 e. The first kappa shape index (κ1) is 22.3. The molecule has 0 unspecified atom stereocenters. The maximum Gasteiger partial charge on any atom is 0.270 e. The van der Waals surface area contributed by atoms with Gasteiger partial charge in [0.25, 0.3) is 5.69 Å². The smallest absolute Gasteiger partial charge is 0.270 e. The molecule has 0 N–H and O–H groups in total. The van der Waals surface area contributed by atoms with Crippen molar-refractivity contribution < 1.29 is 9.72 Å². The molecule has 0 radical (unpaired) electrons. The Kier molecular flexibility index (Phi) is 6.43. The number of non-ortho nitro benzene ring substituents is 1. The Labute approximate surface area is 207 Å². The van der Waals surface area contributed by atoms with Crippen LogP contribution in [0.4, 0.5) is 5.69 Å². The lowest BCUT2D eigenvalue weighted by atomic mass is 10.2. The molecule has 0 saturated heterocycles. The van der Waals surface area contributed by atoms with Crippen molar-refractivity contribution in [2.75, 3.05) is 5.75 Å². The Balaban J connectivity index is 1.34. The molecule has 0 spiro atoms. The molecular weight excluding hydrogens is 488 g/mol. The van der Waals surface area contributed by atoms with Crippen molar-refractivity contribution >= 4 is 55.9 Å². The third-order valence-corrected chi connectivity index (χ3v) is 7.95. The monoisotopic (exact) mass is 504 g/mol. The van der Waals surface area contributed by atoms with Gasteiger partial charge in [-0.05, 0) is 30.0 Å². The van der Waals surface area contributed by atoms with Gasteiger partial charge in [-0.15, -0.1) is 11.3 Å². The SMILES string of the molecule is O=C(CSc1nc(-c2ccccc2)cn1-c1ccccc1)Sc1nc2ccc([N+](=O)[O-])cc2s1. The summed E-state index contributed by atoms with van der Waals surface area (Å²) in [6.07, 6.45) is 1.98. The van der Waals surface area contributed by atoms with Crippen molar-refractivity contribution in [3.05, 3.63) is 95.2 Å². The third kappa shape index (κ3) is 4.89. The van der Waals surface area contributed by atoms with Gasteiger partial charge in [0.1, 0.15) is 0 Å². The summed E-state index contributed by atoms with van der Waals surface area (Å²) in [4.78, 5) is 32.5. The lowest BCUT2D eigenvalue weighted by Crippen LogP contribution is -1.99. The van der Waals surface area contributed by atoms with Gasteiger partial charge in [0.05, 0.1) is 26.6 Å². The second-order valence-corrected chi connectivity index (χ2v) is 10.4. The van der Waals surface area contributed by atoms with Crippen LogP contribution in [-0.2, 0) is 4.79 Å². The van der Waals surface area contributed by atoms with E-state index in [1.54, 1.807) is 6.07 Å². The molecule has 0 bridgehead atoms. The molecule has 0 aliphatic rings. The average Bonchev–Trinajstić information content (AvgIpc) is 3.47. The number of carbonyl (C=O) groups is 1. The highest BCUT2D eigenvalue weighted by molar-refractivity contribution is 8.17. The zero-order valence-electron chi connectivity index (χ0n) is 17.5. The molecule has 2 heterocycles. The summed E-state index contributed by atoms with van der Waals surface area (Å²) in [5, 5.41) is 11.6. The number of thioether (sulfide) groups is 2. The maximum atomic E-state index is 12.7. The number of nitrogens with zero attached hydrogens (tertiary/aromatic N) is 4. The Morgan fingerprint density at radius 1 is 1.00 bits per heavy atom. The van der Waals surface area contributed by atoms with Crippen molar-refractivity contribution in [1.82, 2.24) is 14.5 Å². The van der Waals surface area contributed by atoms with E-state index >= 15 is 0 Å². The van der Waals surface area contributed by atoms with Crippen LogP contribution >= 0.6 is 34.9 Å². The van der Waals surface area contributed by atoms with Crippen molar-refractivity contribution in [2.24, 2.45) is 0 Å². The zero-order valence-corrected chi connectivity index (χ0v) is 20.0. The number of imidazole rings is 1. The van der Waals surface area contributed by atoms with Gasteiger partial charge < -0.3 is 0 Å². The number of benzene rings is 3. The van der Waals surface area contributed by atoms with Gasteiger partial charge in [-0.1, -0.05) is 60.3 Å². The maximum absolute atomic E-state index is 12.7. The van der Waals surface area contributed by atoms with Crippen LogP contribution < -0.4 is 0 Å². The molecule has 34 heavy (non-hydrogen) atoms. The Morgan fingerprint density at radius 3 is 2.47 bits per heavy atom. The predicted octanol–water partition coefficient (Wildman–Crippen LogP) is 6.47. The van der Waals surface area contributed by atoms with Crippen LogP contribution in [0.2, 0.25) is 0 Å². The summed E-state index contributed by atoms with van der Waals surface area (Å²) in [6, 6.07) is 24.3. The van der Waals surface area contributed by atoms with Gasteiger partial charge in [0.15, 0.2) is 9.50 Å². The van der Waals surface area contributed by atoms with E-state index in [0.29, 0.717) is 14.6 Å². The van der Waals surface area contributed by atoms with Gasteiger partial charge >= 0.3 is 0 Å².